The van der Waals surface area contributed by atoms with Crippen LogP contribution >= 0.6 is 0 Å². The van der Waals surface area contributed by atoms with Gasteiger partial charge in [0.2, 0.25) is 5.91 Å². The second-order valence-electron chi connectivity index (χ2n) is 6.29. The molecule has 23 heavy (non-hydrogen) atoms. The van der Waals surface area contributed by atoms with Gasteiger partial charge in [0.1, 0.15) is 0 Å². The normalized spacial score (nSPS) is 13.6. The van der Waals surface area contributed by atoms with E-state index in [1.807, 2.05) is 37.3 Å². The lowest BCUT2D eigenvalue weighted by molar-refractivity contribution is -0.117. The maximum absolute atomic E-state index is 12.3. The van der Waals surface area contributed by atoms with Crippen molar-refractivity contribution in [3.8, 4) is 0 Å². The maximum Gasteiger partial charge on any atom is 0.241 e. The first-order valence-corrected chi connectivity index (χ1v) is 8.19. The Kier molecular flexibility index (Phi) is 5.94. The van der Waals surface area contributed by atoms with Gasteiger partial charge in [0.25, 0.3) is 0 Å². The standard InChI is InChI=1S/C20H26N2O/c1-14(2)17-10-12-19(13-11-17)22-20(23)16(4)21-15(3)18-8-6-5-7-9-18/h5-16,21H,1-4H3,(H,22,23)/t15-,16-/m0/s1. The first-order chi connectivity index (χ1) is 11.0. The van der Waals surface area contributed by atoms with Crippen molar-refractivity contribution in [3.63, 3.8) is 0 Å². The largest absolute Gasteiger partial charge is 0.325 e. The summed E-state index contributed by atoms with van der Waals surface area (Å²) in [6, 6.07) is 18.0. The minimum absolute atomic E-state index is 0.0231. The quantitative estimate of drug-likeness (QED) is 0.825. The molecule has 0 aliphatic heterocycles. The van der Waals surface area contributed by atoms with Gasteiger partial charge in [0.15, 0.2) is 0 Å². The Bertz CT molecular complexity index is 620. The van der Waals surface area contributed by atoms with E-state index < -0.39 is 0 Å². The molecule has 0 aliphatic rings. The molecule has 0 aliphatic carbocycles. The molecule has 2 aromatic rings. The molecule has 0 radical (unpaired) electrons. The third-order valence-electron chi connectivity index (χ3n) is 4.04. The minimum atomic E-state index is -0.269. The number of hydrogen-bond donors (Lipinski definition) is 2. The van der Waals surface area contributed by atoms with Crippen LogP contribution in [0.4, 0.5) is 5.69 Å². The van der Waals surface area contributed by atoms with Gasteiger partial charge in [-0.3, -0.25) is 10.1 Å². The van der Waals surface area contributed by atoms with Crippen molar-refractivity contribution >= 4 is 11.6 Å². The molecule has 2 N–H and O–H groups in total. The van der Waals surface area contributed by atoms with E-state index in [9.17, 15) is 4.79 Å². The molecule has 0 unspecified atom stereocenters. The van der Waals surface area contributed by atoms with E-state index in [0.717, 1.165) is 5.69 Å². The van der Waals surface area contributed by atoms with Gasteiger partial charge in [-0.25, -0.2) is 0 Å². The van der Waals surface area contributed by atoms with Crippen LogP contribution in [0.1, 0.15) is 50.8 Å². The first kappa shape index (κ1) is 17.2. The second-order valence-corrected chi connectivity index (χ2v) is 6.29. The van der Waals surface area contributed by atoms with Crippen LogP contribution in [-0.4, -0.2) is 11.9 Å². The lowest BCUT2D eigenvalue weighted by Crippen LogP contribution is -2.39. The fourth-order valence-corrected chi connectivity index (χ4v) is 2.49. The fourth-order valence-electron chi connectivity index (χ4n) is 2.49. The summed E-state index contributed by atoms with van der Waals surface area (Å²) in [7, 11) is 0. The van der Waals surface area contributed by atoms with Crippen molar-refractivity contribution in [1.82, 2.24) is 5.32 Å². The van der Waals surface area contributed by atoms with E-state index in [1.165, 1.54) is 11.1 Å². The van der Waals surface area contributed by atoms with Gasteiger partial charge in [0.05, 0.1) is 6.04 Å². The van der Waals surface area contributed by atoms with Crippen molar-refractivity contribution in [2.75, 3.05) is 5.32 Å². The Morgan fingerprint density at radius 1 is 0.826 bits per heavy atom. The zero-order valence-electron chi connectivity index (χ0n) is 14.3. The number of anilines is 1. The van der Waals surface area contributed by atoms with Crippen molar-refractivity contribution in [1.29, 1.82) is 0 Å². The summed E-state index contributed by atoms with van der Waals surface area (Å²) in [5.41, 5.74) is 3.28. The predicted octanol–water partition coefficient (Wildman–Crippen LogP) is 4.49. The average molecular weight is 310 g/mol. The Balaban J connectivity index is 1.92. The molecule has 0 heterocycles. The zero-order valence-corrected chi connectivity index (χ0v) is 14.3. The van der Waals surface area contributed by atoms with Gasteiger partial charge in [-0.15, -0.1) is 0 Å². The van der Waals surface area contributed by atoms with Crippen LogP contribution in [0.5, 0.6) is 0 Å². The number of rotatable bonds is 6. The number of carbonyl (C=O) groups is 1. The topological polar surface area (TPSA) is 41.1 Å². The summed E-state index contributed by atoms with van der Waals surface area (Å²) >= 11 is 0. The number of hydrogen-bond acceptors (Lipinski definition) is 2. The Hall–Kier alpha value is -2.13. The third kappa shape index (κ3) is 4.93. The van der Waals surface area contributed by atoms with Crippen LogP contribution in [0.3, 0.4) is 0 Å². The summed E-state index contributed by atoms with van der Waals surface area (Å²) in [5, 5.41) is 6.30. The summed E-state index contributed by atoms with van der Waals surface area (Å²) in [5.74, 6) is 0.470. The lowest BCUT2D eigenvalue weighted by atomic mass is 10.0. The highest BCUT2D eigenvalue weighted by Crippen LogP contribution is 2.17. The molecule has 122 valence electrons. The highest BCUT2D eigenvalue weighted by molar-refractivity contribution is 5.94. The summed E-state index contributed by atoms with van der Waals surface area (Å²) in [4.78, 5) is 12.3. The van der Waals surface area contributed by atoms with E-state index in [-0.39, 0.29) is 18.0 Å². The number of carbonyl (C=O) groups excluding carboxylic acids is 1. The minimum Gasteiger partial charge on any atom is -0.325 e. The van der Waals surface area contributed by atoms with Gasteiger partial charge in [-0.1, -0.05) is 56.3 Å². The third-order valence-corrected chi connectivity index (χ3v) is 4.04. The van der Waals surface area contributed by atoms with Crippen LogP contribution in [-0.2, 0) is 4.79 Å². The molecule has 2 atom stereocenters. The van der Waals surface area contributed by atoms with E-state index in [2.05, 4.69) is 55.7 Å². The van der Waals surface area contributed by atoms with Crippen LogP contribution in [0.15, 0.2) is 54.6 Å². The molecular formula is C20H26N2O. The summed E-state index contributed by atoms with van der Waals surface area (Å²) in [6.07, 6.45) is 0. The molecule has 2 aromatic carbocycles. The molecule has 3 nitrogen and oxygen atoms in total. The Morgan fingerprint density at radius 3 is 2.00 bits per heavy atom. The van der Waals surface area contributed by atoms with Crippen LogP contribution in [0.2, 0.25) is 0 Å². The highest BCUT2D eigenvalue weighted by atomic mass is 16.2. The van der Waals surface area contributed by atoms with Crippen LogP contribution in [0.25, 0.3) is 0 Å². The Morgan fingerprint density at radius 2 is 1.43 bits per heavy atom. The smallest absolute Gasteiger partial charge is 0.241 e. The van der Waals surface area contributed by atoms with Crippen LogP contribution < -0.4 is 10.6 Å². The number of amides is 1. The average Bonchev–Trinajstić information content (AvgIpc) is 2.56. The predicted molar refractivity (Wildman–Crippen MR) is 96.6 cm³/mol. The van der Waals surface area contributed by atoms with E-state index in [1.54, 1.807) is 0 Å². The van der Waals surface area contributed by atoms with E-state index >= 15 is 0 Å². The van der Waals surface area contributed by atoms with Gasteiger partial charge in [-0.05, 0) is 43.0 Å². The monoisotopic (exact) mass is 310 g/mol. The van der Waals surface area contributed by atoms with Gasteiger partial charge < -0.3 is 5.32 Å². The van der Waals surface area contributed by atoms with E-state index in [0.29, 0.717) is 5.92 Å². The molecule has 0 spiro atoms. The molecule has 0 bridgehead atoms. The molecule has 0 aromatic heterocycles. The Labute approximate surface area is 139 Å². The maximum atomic E-state index is 12.3. The molecule has 2 rings (SSSR count). The molecule has 1 amide bonds. The molecule has 0 saturated carbocycles. The lowest BCUT2D eigenvalue weighted by Gasteiger charge is -2.20. The van der Waals surface area contributed by atoms with Crippen molar-refractivity contribution in [2.24, 2.45) is 0 Å². The van der Waals surface area contributed by atoms with Gasteiger partial charge >= 0.3 is 0 Å². The van der Waals surface area contributed by atoms with Gasteiger partial charge in [0, 0.05) is 11.7 Å². The van der Waals surface area contributed by atoms with Crippen molar-refractivity contribution in [3.05, 3.63) is 65.7 Å². The molecule has 0 saturated heterocycles. The van der Waals surface area contributed by atoms with Crippen molar-refractivity contribution < 1.29 is 4.79 Å². The molecular weight excluding hydrogens is 284 g/mol. The zero-order chi connectivity index (χ0) is 16.8. The second kappa shape index (κ2) is 7.93. The fraction of sp³-hybridized carbons (Fsp3) is 0.350. The number of nitrogens with one attached hydrogen (secondary N) is 2. The van der Waals surface area contributed by atoms with Crippen molar-refractivity contribution in [2.45, 2.75) is 45.7 Å². The first-order valence-electron chi connectivity index (χ1n) is 8.19. The van der Waals surface area contributed by atoms with E-state index in [4.69, 9.17) is 0 Å². The summed E-state index contributed by atoms with van der Waals surface area (Å²) < 4.78 is 0. The number of benzene rings is 2. The van der Waals surface area contributed by atoms with Crippen LogP contribution in [0, 0.1) is 0 Å². The van der Waals surface area contributed by atoms with Gasteiger partial charge in [-0.2, -0.15) is 0 Å². The SMILES string of the molecule is CC(C)c1ccc(NC(=O)[C@H](C)N[C@@H](C)c2ccccc2)cc1. The highest BCUT2D eigenvalue weighted by Gasteiger charge is 2.16. The summed E-state index contributed by atoms with van der Waals surface area (Å²) in [6.45, 7) is 8.27. The molecule has 0 fully saturated rings. The molecule has 3 heteroatoms.